The molecule has 0 radical (unpaired) electrons. The molecule has 3 nitrogen and oxygen atoms in total. The Balaban J connectivity index is 0.00000110. The minimum atomic E-state index is 0. The van der Waals surface area contributed by atoms with E-state index in [0.717, 1.165) is 37.1 Å². The molecule has 2 N–H and O–H groups in total. The number of rotatable bonds is 2. The van der Waals surface area contributed by atoms with Crippen LogP contribution in [0.5, 0.6) is 5.75 Å². The zero-order valence-corrected chi connectivity index (χ0v) is 13.7. The first-order valence-electron chi connectivity index (χ1n) is 6.93. The zero-order valence-electron chi connectivity index (χ0n) is 12.1. The lowest BCUT2D eigenvalue weighted by Gasteiger charge is -2.33. The fourth-order valence-corrected chi connectivity index (χ4v) is 2.98. The third-order valence-electron chi connectivity index (χ3n) is 4.06. The Labute approximate surface area is 138 Å². The lowest BCUT2D eigenvalue weighted by Crippen LogP contribution is -2.44. The summed E-state index contributed by atoms with van der Waals surface area (Å²) < 4.78 is 0. The molecule has 5 heteroatoms. The van der Waals surface area contributed by atoms with Gasteiger partial charge in [-0.25, -0.2) is 0 Å². The van der Waals surface area contributed by atoms with Gasteiger partial charge in [-0.1, -0.05) is 30.3 Å². The second-order valence-corrected chi connectivity index (χ2v) is 5.18. The van der Waals surface area contributed by atoms with E-state index in [9.17, 15) is 5.11 Å². The summed E-state index contributed by atoms with van der Waals surface area (Å²) in [5.74, 6) is 0.407. The molecule has 2 aromatic rings. The fourth-order valence-electron chi connectivity index (χ4n) is 2.98. The van der Waals surface area contributed by atoms with E-state index >= 15 is 0 Å². The van der Waals surface area contributed by atoms with Crippen LogP contribution in [0.3, 0.4) is 0 Å². The zero-order chi connectivity index (χ0) is 13.2. The van der Waals surface area contributed by atoms with Crippen molar-refractivity contribution in [2.75, 3.05) is 26.2 Å². The first-order valence-corrected chi connectivity index (χ1v) is 6.93. The summed E-state index contributed by atoms with van der Waals surface area (Å²) in [5, 5.41) is 16.0. The van der Waals surface area contributed by atoms with E-state index in [2.05, 4.69) is 29.3 Å². The van der Waals surface area contributed by atoms with Crippen molar-refractivity contribution in [3.63, 3.8) is 0 Å². The van der Waals surface area contributed by atoms with Crippen LogP contribution in [0.25, 0.3) is 10.8 Å². The van der Waals surface area contributed by atoms with Gasteiger partial charge in [0.05, 0.1) is 0 Å². The molecule has 0 saturated carbocycles. The standard InChI is InChI=1S/C16H20N2O.2ClH/c1-12(18-10-8-17-9-11-18)16-14-5-3-2-4-13(14)6-7-15(16)19;;/h2-7,12,17,19H,8-11H2,1H3;2*1H/t12-;;/m1../s1. The van der Waals surface area contributed by atoms with E-state index in [1.807, 2.05) is 24.3 Å². The van der Waals surface area contributed by atoms with Crippen molar-refractivity contribution in [3.05, 3.63) is 42.0 Å². The molecule has 0 amide bonds. The molecule has 1 heterocycles. The van der Waals surface area contributed by atoms with Crippen LogP contribution < -0.4 is 5.32 Å². The Hall–Kier alpha value is -1.00. The van der Waals surface area contributed by atoms with Gasteiger partial charge in [0.25, 0.3) is 0 Å². The molecule has 3 rings (SSSR count). The Bertz CT molecular complexity index is 585. The Morgan fingerprint density at radius 1 is 1.05 bits per heavy atom. The number of hydrogen-bond acceptors (Lipinski definition) is 3. The van der Waals surface area contributed by atoms with Gasteiger partial charge in [0.15, 0.2) is 0 Å². The summed E-state index contributed by atoms with van der Waals surface area (Å²) in [5.41, 5.74) is 1.06. The summed E-state index contributed by atoms with van der Waals surface area (Å²) in [6.45, 7) is 6.30. The number of piperazine rings is 1. The van der Waals surface area contributed by atoms with Gasteiger partial charge in [-0.3, -0.25) is 4.90 Å². The van der Waals surface area contributed by atoms with Gasteiger partial charge in [0.1, 0.15) is 5.75 Å². The Morgan fingerprint density at radius 3 is 2.43 bits per heavy atom. The van der Waals surface area contributed by atoms with Gasteiger partial charge in [0, 0.05) is 37.8 Å². The normalized spacial score (nSPS) is 16.8. The second kappa shape index (κ2) is 7.85. The second-order valence-electron chi connectivity index (χ2n) is 5.18. The molecule has 1 saturated heterocycles. The number of phenols is 1. The van der Waals surface area contributed by atoms with Crippen LogP contribution in [-0.2, 0) is 0 Å². The minimum absolute atomic E-state index is 0. The molecule has 0 spiro atoms. The first kappa shape index (κ1) is 18.1. The lowest BCUT2D eigenvalue weighted by atomic mass is 9.97. The number of phenolic OH excluding ortho intramolecular Hbond substituents is 1. The summed E-state index contributed by atoms with van der Waals surface area (Å²) in [6, 6.07) is 12.3. The quantitative estimate of drug-likeness (QED) is 0.887. The molecule has 0 aromatic heterocycles. The SMILES string of the molecule is C[C@H](c1c(O)ccc2ccccc12)N1CCNCC1.Cl.Cl. The maximum absolute atomic E-state index is 10.3. The Morgan fingerprint density at radius 2 is 1.71 bits per heavy atom. The van der Waals surface area contributed by atoms with Gasteiger partial charge in [-0.05, 0) is 23.8 Å². The van der Waals surface area contributed by atoms with Gasteiger partial charge in [0.2, 0.25) is 0 Å². The molecule has 1 aliphatic rings. The van der Waals surface area contributed by atoms with E-state index in [4.69, 9.17) is 0 Å². The van der Waals surface area contributed by atoms with Crippen LogP contribution >= 0.6 is 24.8 Å². The first-order chi connectivity index (χ1) is 9.27. The number of halogens is 2. The maximum atomic E-state index is 10.3. The van der Waals surface area contributed by atoms with Crippen LogP contribution in [0.1, 0.15) is 18.5 Å². The molecular weight excluding hydrogens is 307 g/mol. The monoisotopic (exact) mass is 328 g/mol. The van der Waals surface area contributed by atoms with Gasteiger partial charge in [-0.15, -0.1) is 24.8 Å². The third-order valence-corrected chi connectivity index (χ3v) is 4.06. The van der Waals surface area contributed by atoms with E-state index in [0.29, 0.717) is 5.75 Å². The third kappa shape index (κ3) is 3.61. The van der Waals surface area contributed by atoms with Gasteiger partial charge in [-0.2, -0.15) is 0 Å². The van der Waals surface area contributed by atoms with E-state index in [1.54, 1.807) is 0 Å². The molecule has 1 atom stereocenters. The van der Waals surface area contributed by atoms with Crippen molar-refractivity contribution in [1.29, 1.82) is 0 Å². The molecule has 1 aliphatic heterocycles. The lowest BCUT2D eigenvalue weighted by molar-refractivity contribution is 0.184. The summed E-state index contributed by atoms with van der Waals surface area (Å²) >= 11 is 0. The molecule has 21 heavy (non-hydrogen) atoms. The summed E-state index contributed by atoms with van der Waals surface area (Å²) in [4.78, 5) is 2.43. The number of nitrogens with zero attached hydrogens (tertiary/aromatic N) is 1. The van der Waals surface area contributed by atoms with Crippen molar-refractivity contribution >= 4 is 35.6 Å². The van der Waals surface area contributed by atoms with Crippen molar-refractivity contribution < 1.29 is 5.11 Å². The molecule has 0 aliphatic carbocycles. The highest BCUT2D eigenvalue weighted by Gasteiger charge is 2.22. The predicted molar refractivity (Wildman–Crippen MR) is 93.0 cm³/mol. The number of benzene rings is 2. The number of nitrogens with one attached hydrogen (secondary N) is 1. The van der Waals surface area contributed by atoms with Crippen molar-refractivity contribution in [1.82, 2.24) is 10.2 Å². The number of fused-ring (bicyclic) bond motifs is 1. The predicted octanol–water partition coefficient (Wildman–Crippen LogP) is 3.36. The maximum Gasteiger partial charge on any atom is 0.120 e. The van der Waals surface area contributed by atoms with Crippen molar-refractivity contribution in [3.8, 4) is 5.75 Å². The average molecular weight is 329 g/mol. The van der Waals surface area contributed by atoms with E-state index < -0.39 is 0 Å². The van der Waals surface area contributed by atoms with Crippen LogP contribution in [0.15, 0.2) is 36.4 Å². The highest BCUT2D eigenvalue weighted by atomic mass is 35.5. The Kier molecular flexibility index (Phi) is 6.75. The number of hydrogen-bond donors (Lipinski definition) is 2. The molecule has 0 unspecified atom stereocenters. The summed E-state index contributed by atoms with van der Waals surface area (Å²) in [6.07, 6.45) is 0. The molecule has 0 bridgehead atoms. The van der Waals surface area contributed by atoms with Crippen LogP contribution in [0.4, 0.5) is 0 Å². The molecule has 1 fully saturated rings. The van der Waals surface area contributed by atoms with Crippen LogP contribution in [-0.4, -0.2) is 36.2 Å². The molecular formula is C16H22Cl2N2O. The number of aromatic hydroxyl groups is 1. The van der Waals surface area contributed by atoms with Gasteiger partial charge < -0.3 is 10.4 Å². The average Bonchev–Trinajstić information content (AvgIpc) is 2.47. The van der Waals surface area contributed by atoms with Crippen molar-refractivity contribution in [2.24, 2.45) is 0 Å². The van der Waals surface area contributed by atoms with E-state index in [1.165, 1.54) is 5.39 Å². The fraction of sp³-hybridized carbons (Fsp3) is 0.375. The smallest absolute Gasteiger partial charge is 0.120 e. The topological polar surface area (TPSA) is 35.5 Å². The highest BCUT2D eigenvalue weighted by Crippen LogP contribution is 2.35. The van der Waals surface area contributed by atoms with Crippen molar-refractivity contribution in [2.45, 2.75) is 13.0 Å². The van der Waals surface area contributed by atoms with Crippen LogP contribution in [0.2, 0.25) is 0 Å². The largest absolute Gasteiger partial charge is 0.508 e. The van der Waals surface area contributed by atoms with E-state index in [-0.39, 0.29) is 30.9 Å². The minimum Gasteiger partial charge on any atom is -0.508 e. The molecule has 2 aromatic carbocycles. The molecule has 116 valence electrons. The van der Waals surface area contributed by atoms with Gasteiger partial charge >= 0.3 is 0 Å². The highest BCUT2D eigenvalue weighted by molar-refractivity contribution is 5.88. The summed E-state index contributed by atoms with van der Waals surface area (Å²) in [7, 11) is 0. The van der Waals surface area contributed by atoms with Crippen LogP contribution in [0, 0.1) is 0 Å².